The van der Waals surface area contributed by atoms with Crippen molar-refractivity contribution in [1.82, 2.24) is 14.6 Å². The lowest BCUT2D eigenvalue weighted by Crippen LogP contribution is -2.15. The maximum absolute atomic E-state index is 11.9. The molecule has 0 saturated carbocycles. The maximum Gasteiger partial charge on any atom is 0.275 e. The van der Waals surface area contributed by atoms with E-state index in [1.165, 1.54) is 21.4 Å². The van der Waals surface area contributed by atoms with Crippen LogP contribution < -0.4 is 10.9 Å². The van der Waals surface area contributed by atoms with Gasteiger partial charge in [0.1, 0.15) is 0 Å². The third kappa shape index (κ3) is 2.73. The van der Waals surface area contributed by atoms with Crippen molar-refractivity contribution < 1.29 is 0 Å². The van der Waals surface area contributed by atoms with Gasteiger partial charge in [-0.2, -0.15) is 15.9 Å². The number of nitrogens with zero attached hydrogens (tertiary/aromatic N) is 3. The van der Waals surface area contributed by atoms with E-state index >= 15 is 0 Å². The van der Waals surface area contributed by atoms with Gasteiger partial charge in [-0.3, -0.25) is 4.79 Å². The number of fused-ring (bicyclic) bond motifs is 1. The molecule has 3 heterocycles. The van der Waals surface area contributed by atoms with Crippen LogP contribution in [0.3, 0.4) is 0 Å². The predicted molar refractivity (Wildman–Crippen MR) is 83.0 cm³/mol. The monoisotopic (exact) mass is 306 g/mol. The molecule has 0 aliphatic heterocycles. The number of anilines is 1. The van der Waals surface area contributed by atoms with Crippen molar-refractivity contribution in [1.29, 1.82) is 0 Å². The van der Waals surface area contributed by atoms with Crippen LogP contribution in [0.25, 0.3) is 4.96 Å². The van der Waals surface area contributed by atoms with Gasteiger partial charge in [0.25, 0.3) is 5.56 Å². The number of nitrogens with one attached hydrogen (secondary N) is 1. The molecule has 20 heavy (non-hydrogen) atoms. The second-order valence-corrected chi connectivity index (χ2v) is 6.09. The van der Waals surface area contributed by atoms with E-state index in [2.05, 4.69) is 32.2 Å². The molecule has 0 spiro atoms. The summed E-state index contributed by atoms with van der Waals surface area (Å²) in [7, 11) is 0. The average molecular weight is 306 g/mol. The van der Waals surface area contributed by atoms with Crippen LogP contribution in [0.2, 0.25) is 0 Å². The van der Waals surface area contributed by atoms with E-state index in [0.29, 0.717) is 4.96 Å². The van der Waals surface area contributed by atoms with Crippen molar-refractivity contribution in [2.75, 3.05) is 11.9 Å². The molecule has 0 fully saturated rings. The molecule has 0 atom stereocenters. The van der Waals surface area contributed by atoms with Crippen LogP contribution in [0.15, 0.2) is 27.7 Å². The molecular weight excluding hydrogens is 292 g/mol. The minimum absolute atomic E-state index is 0.117. The molecule has 104 valence electrons. The Kier molecular flexibility index (Phi) is 3.79. The fourth-order valence-electron chi connectivity index (χ4n) is 1.86. The van der Waals surface area contributed by atoms with Crippen LogP contribution in [0.5, 0.6) is 0 Å². The van der Waals surface area contributed by atoms with Crippen LogP contribution in [0.1, 0.15) is 18.2 Å². The molecule has 0 radical (unpaired) electrons. The van der Waals surface area contributed by atoms with Crippen molar-refractivity contribution in [3.63, 3.8) is 0 Å². The van der Waals surface area contributed by atoms with Crippen molar-refractivity contribution >= 4 is 32.8 Å². The first-order valence-corrected chi connectivity index (χ1v) is 8.17. The number of rotatable bonds is 5. The summed E-state index contributed by atoms with van der Waals surface area (Å²) in [5, 5.41) is 12.5. The van der Waals surface area contributed by atoms with Crippen molar-refractivity contribution in [2.45, 2.75) is 19.8 Å². The van der Waals surface area contributed by atoms with E-state index in [1.807, 2.05) is 6.92 Å². The molecule has 0 aliphatic carbocycles. The topological polar surface area (TPSA) is 59.3 Å². The quantitative estimate of drug-likeness (QED) is 0.786. The minimum Gasteiger partial charge on any atom is -0.360 e. The molecule has 5 nitrogen and oxygen atoms in total. The van der Waals surface area contributed by atoms with E-state index in [0.717, 1.165) is 30.2 Å². The Bertz CT molecular complexity index is 760. The lowest BCUT2D eigenvalue weighted by atomic mass is 10.2. The smallest absolute Gasteiger partial charge is 0.275 e. The molecule has 0 bridgehead atoms. The first-order chi connectivity index (χ1) is 9.76. The molecule has 1 N–H and O–H groups in total. The first kappa shape index (κ1) is 13.3. The van der Waals surface area contributed by atoms with Gasteiger partial charge in [-0.25, -0.2) is 4.98 Å². The molecule has 0 unspecified atom stereocenters. The summed E-state index contributed by atoms with van der Waals surface area (Å²) >= 11 is 3.11. The Labute approximate surface area is 123 Å². The Balaban J connectivity index is 1.75. The zero-order valence-corrected chi connectivity index (χ0v) is 12.6. The summed E-state index contributed by atoms with van der Waals surface area (Å²) in [6.07, 6.45) is 1.70. The summed E-state index contributed by atoms with van der Waals surface area (Å²) in [4.78, 5) is 16.9. The molecule has 3 rings (SSSR count). The normalized spacial score (nSPS) is 11.1. The Morgan fingerprint density at radius 2 is 2.35 bits per heavy atom. The zero-order valence-electron chi connectivity index (χ0n) is 11.0. The number of aryl methyl sites for hydroxylation is 1. The highest BCUT2D eigenvalue weighted by molar-refractivity contribution is 7.20. The van der Waals surface area contributed by atoms with Gasteiger partial charge in [0, 0.05) is 18.3 Å². The summed E-state index contributed by atoms with van der Waals surface area (Å²) < 4.78 is 1.36. The van der Waals surface area contributed by atoms with Gasteiger partial charge in [-0.15, -0.1) is 5.10 Å². The van der Waals surface area contributed by atoms with Gasteiger partial charge in [-0.05, 0) is 35.2 Å². The Hall–Kier alpha value is -1.73. The van der Waals surface area contributed by atoms with Crippen molar-refractivity contribution in [2.24, 2.45) is 0 Å². The Morgan fingerprint density at radius 3 is 3.10 bits per heavy atom. The molecule has 0 amide bonds. The van der Waals surface area contributed by atoms with Crippen LogP contribution in [-0.2, 0) is 12.8 Å². The zero-order chi connectivity index (χ0) is 13.9. The van der Waals surface area contributed by atoms with Gasteiger partial charge < -0.3 is 5.32 Å². The van der Waals surface area contributed by atoms with Crippen LogP contribution in [-0.4, -0.2) is 21.1 Å². The van der Waals surface area contributed by atoms with E-state index in [4.69, 9.17) is 0 Å². The summed E-state index contributed by atoms with van der Waals surface area (Å²) in [6, 6.07) is 3.66. The standard InChI is InChI=1S/C13H14N4OS2/c1-2-10-7-11(18)17-13(15-10)20-12(16-17)14-5-3-9-4-6-19-8-9/h4,6-8H,2-3,5H2,1H3,(H,14,16). The van der Waals surface area contributed by atoms with E-state index in [1.54, 1.807) is 17.4 Å². The first-order valence-electron chi connectivity index (χ1n) is 6.41. The summed E-state index contributed by atoms with van der Waals surface area (Å²) in [6.45, 7) is 2.78. The largest absolute Gasteiger partial charge is 0.360 e. The third-order valence-corrected chi connectivity index (χ3v) is 4.53. The minimum atomic E-state index is -0.117. The van der Waals surface area contributed by atoms with Gasteiger partial charge in [0.2, 0.25) is 10.1 Å². The fourth-order valence-corrected chi connectivity index (χ4v) is 3.41. The number of aromatic nitrogens is 3. The van der Waals surface area contributed by atoms with Gasteiger partial charge in [0.15, 0.2) is 0 Å². The van der Waals surface area contributed by atoms with Crippen molar-refractivity contribution in [3.8, 4) is 0 Å². The number of hydrogen-bond acceptors (Lipinski definition) is 6. The number of hydrogen-bond donors (Lipinski definition) is 1. The van der Waals surface area contributed by atoms with Gasteiger partial charge in [-0.1, -0.05) is 18.3 Å². The van der Waals surface area contributed by atoms with Gasteiger partial charge in [0.05, 0.1) is 0 Å². The maximum atomic E-state index is 11.9. The molecular formula is C13H14N4OS2. The SMILES string of the molecule is CCc1cc(=O)n2nc(NCCc3ccsc3)sc2n1. The van der Waals surface area contributed by atoms with Crippen LogP contribution >= 0.6 is 22.7 Å². The predicted octanol–water partition coefficient (Wildman–Crippen LogP) is 2.43. The molecule has 7 heteroatoms. The molecule has 0 aliphatic rings. The van der Waals surface area contributed by atoms with E-state index < -0.39 is 0 Å². The lowest BCUT2D eigenvalue weighted by molar-refractivity contribution is 0.872. The summed E-state index contributed by atoms with van der Waals surface area (Å²) in [5.41, 5.74) is 2.00. The highest BCUT2D eigenvalue weighted by Crippen LogP contribution is 2.17. The second kappa shape index (κ2) is 5.72. The number of thiophene rings is 1. The molecule has 3 aromatic rings. The Morgan fingerprint density at radius 1 is 1.45 bits per heavy atom. The third-order valence-electron chi connectivity index (χ3n) is 2.93. The van der Waals surface area contributed by atoms with Crippen LogP contribution in [0.4, 0.5) is 5.13 Å². The highest BCUT2D eigenvalue weighted by atomic mass is 32.1. The molecule has 0 saturated heterocycles. The fraction of sp³-hybridized carbons (Fsp3) is 0.308. The molecule has 3 aromatic heterocycles. The van der Waals surface area contributed by atoms with Crippen molar-refractivity contribution in [3.05, 3.63) is 44.5 Å². The highest BCUT2D eigenvalue weighted by Gasteiger charge is 2.07. The average Bonchev–Trinajstić information content (AvgIpc) is 3.08. The van der Waals surface area contributed by atoms with E-state index in [9.17, 15) is 4.79 Å². The van der Waals surface area contributed by atoms with E-state index in [-0.39, 0.29) is 5.56 Å². The second-order valence-electron chi connectivity index (χ2n) is 4.35. The molecule has 0 aromatic carbocycles. The lowest BCUT2D eigenvalue weighted by Gasteiger charge is -1.99. The van der Waals surface area contributed by atoms with Gasteiger partial charge >= 0.3 is 0 Å². The van der Waals surface area contributed by atoms with Crippen LogP contribution in [0, 0.1) is 0 Å². The summed E-state index contributed by atoms with van der Waals surface area (Å²) in [5.74, 6) is 0.